The first-order valence-electron chi connectivity index (χ1n) is 10.4. The van der Waals surface area contributed by atoms with E-state index in [0.717, 1.165) is 31.1 Å². The summed E-state index contributed by atoms with van der Waals surface area (Å²) in [6.07, 6.45) is 0.372. The third-order valence-electron chi connectivity index (χ3n) is 5.15. The second-order valence-electron chi connectivity index (χ2n) is 7.30. The molecule has 1 aliphatic rings. The molecule has 1 saturated heterocycles. The van der Waals surface area contributed by atoms with Crippen molar-refractivity contribution in [2.75, 3.05) is 51.8 Å². The van der Waals surface area contributed by atoms with Crippen molar-refractivity contribution in [2.24, 2.45) is 0 Å². The van der Waals surface area contributed by atoms with E-state index in [-0.39, 0.29) is 24.7 Å². The smallest absolute Gasteiger partial charge is 0.224 e. The van der Waals surface area contributed by atoms with E-state index in [2.05, 4.69) is 10.2 Å². The minimum Gasteiger partial charge on any atom is -0.497 e. The predicted octanol–water partition coefficient (Wildman–Crippen LogP) is 3.29. The van der Waals surface area contributed by atoms with Crippen LogP contribution in [0.2, 0.25) is 5.02 Å². The molecular formula is C23H28ClN3O4. The molecule has 1 aliphatic heterocycles. The Labute approximate surface area is 187 Å². The third kappa shape index (κ3) is 7.45. The van der Waals surface area contributed by atoms with Crippen molar-refractivity contribution in [1.29, 1.82) is 0 Å². The number of hydrogen-bond acceptors (Lipinski definition) is 5. The molecule has 7 nitrogen and oxygen atoms in total. The Morgan fingerprint density at radius 1 is 0.935 bits per heavy atom. The van der Waals surface area contributed by atoms with Crippen molar-refractivity contribution in [3.05, 3.63) is 53.6 Å². The monoisotopic (exact) mass is 445 g/mol. The lowest BCUT2D eigenvalue weighted by molar-refractivity contribution is -0.134. The number of benzene rings is 2. The molecule has 0 saturated carbocycles. The molecule has 0 unspecified atom stereocenters. The Morgan fingerprint density at radius 2 is 1.58 bits per heavy atom. The largest absolute Gasteiger partial charge is 0.497 e. The zero-order chi connectivity index (χ0) is 22.1. The number of carbonyl (C=O) groups excluding carboxylic acids is 2. The molecule has 0 radical (unpaired) electrons. The van der Waals surface area contributed by atoms with E-state index >= 15 is 0 Å². The van der Waals surface area contributed by atoms with E-state index in [1.165, 1.54) is 0 Å². The molecule has 0 aliphatic carbocycles. The summed E-state index contributed by atoms with van der Waals surface area (Å²) in [6.45, 7) is 4.33. The second-order valence-corrected chi connectivity index (χ2v) is 7.74. The van der Waals surface area contributed by atoms with Crippen LogP contribution in [0.4, 0.5) is 5.69 Å². The zero-order valence-electron chi connectivity index (χ0n) is 17.7. The molecule has 0 spiro atoms. The molecule has 166 valence electrons. The number of carbonyl (C=O) groups is 2. The van der Waals surface area contributed by atoms with E-state index < -0.39 is 0 Å². The van der Waals surface area contributed by atoms with E-state index in [9.17, 15) is 9.59 Å². The Kier molecular flexibility index (Phi) is 8.55. The molecule has 1 heterocycles. The number of nitrogens with one attached hydrogen (secondary N) is 1. The SMILES string of the molecule is COc1ccc(OCCN2CCN(C(=O)CCC(=O)Nc3ccc(Cl)cc3)CC2)cc1. The average Bonchev–Trinajstić information content (AvgIpc) is 2.80. The highest BCUT2D eigenvalue weighted by Gasteiger charge is 2.21. The van der Waals surface area contributed by atoms with Crippen LogP contribution in [0.25, 0.3) is 0 Å². The van der Waals surface area contributed by atoms with Gasteiger partial charge in [-0.1, -0.05) is 11.6 Å². The summed E-state index contributed by atoms with van der Waals surface area (Å²) in [7, 11) is 1.64. The third-order valence-corrected chi connectivity index (χ3v) is 5.41. The fraction of sp³-hybridized carbons (Fsp3) is 0.391. The number of hydrogen-bond donors (Lipinski definition) is 1. The van der Waals surface area contributed by atoms with E-state index in [1.54, 1.807) is 31.4 Å². The molecule has 1 N–H and O–H groups in total. The number of amides is 2. The van der Waals surface area contributed by atoms with Gasteiger partial charge in [0.25, 0.3) is 0 Å². The predicted molar refractivity (Wildman–Crippen MR) is 121 cm³/mol. The van der Waals surface area contributed by atoms with E-state index in [4.69, 9.17) is 21.1 Å². The van der Waals surface area contributed by atoms with Crippen LogP contribution in [-0.4, -0.2) is 68.1 Å². The molecule has 8 heteroatoms. The molecule has 0 atom stereocenters. The average molecular weight is 446 g/mol. The highest BCUT2D eigenvalue weighted by Crippen LogP contribution is 2.17. The van der Waals surface area contributed by atoms with Crippen molar-refractivity contribution in [3.8, 4) is 11.5 Å². The number of ether oxygens (including phenoxy) is 2. The van der Waals surface area contributed by atoms with E-state index in [1.807, 2.05) is 29.2 Å². The van der Waals surface area contributed by atoms with Crippen molar-refractivity contribution >= 4 is 29.1 Å². The fourth-order valence-electron chi connectivity index (χ4n) is 3.32. The first kappa shape index (κ1) is 22.9. The van der Waals surface area contributed by atoms with Crippen LogP contribution in [0.1, 0.15) is 12.8 Å². The second kappa shape index (κ2) is 11.6. The fourth-order valence-corrected chi connectivity index (χ4v) is 3.45. The lowest BCUT2D eigenvalue weighted by atomic mass is 10.2. The van der Waals surface area contributed by atoms with Gasteiger partial charge in [0.05, 0.1) is 7.11 Å². The van der Waals surface area contributed by atoms with Crippen LogP contribution in [0.3, 0.4) is 0 Å². The highest BCUT2D eigenvalue weighted by molar-refractivity contribution is 6.30. The van der Waals surface area contributed by atoms with Crippen LogP contribution in [-0.2, 0) is 9.59 Å². The van der Waals surface area contributed by atoms with Gasteiger partial charge in [0.2, 0.25) is 11.8 Å². The van der Waals surface area contributed by atoms with Gasteiger partial charge in [-0.05, 0) is 48.5 Å². The van der Waals surface area contributed by atoms with Crippen LogP contribution in [0.5, 0.6) is 11.5 Å². The molecular weight excluding hydrogens is 418 g/mol. The van der Waals surface area contributed by atoms with Gasteiger partial charge >= 0.3 is 0 Å². The van der Waals surface area contributed by atoms with E-state index in [0.29, 0.717) is 30.4 Å². The first-order valence-corrected chi connectivity index (χ1v) is 10.7. The molecule has 2 aromatic carbocycles. The summed E-state index contributed by atoms with van der Waals surface area (Å²) in [5, 5.41) is 3.39. The molecule has 1 fully saturated rings. The summed E-state index contributed by atoms with van der Waals surface area (Å²) in [5.41, 5.74) is 0.673. The minimum absolute atomic E-state index is 0.0142. The minimum atomic E-state index is -0.176. The molecule has 31 heavy (non-hydrogen) atoms. The summed E-state index contributed by atoms with van der Waals surface area (Å²) in [6, 6.07) is 14.4. The Bertz CT molecular complexity index is 850. The molecule has 3 rings (SSSR count). The Morgan fingerprint density at radius 3 is 2.23 bits per heavy atom. The van der Waals surface area contributed by atoms with Crippen molar-refractivity contribution in [3.63, 3.8) is 0 Å². The number of piperazine rings is 1. The lowest BCUT2D eigenvalue weighted by Crippen LogP contribution is -2.49. The van der Waals surface area contributed by atoms with Crippen LogP contribution < -0.4 is 14.8 Å². The Balaban J connectivity index is 1.30. The summed E-state index contributed by atoms with van der Waals surface area (Å²) >= 11 is 5.84. The van der Waals surface area contributed by atoms with Crippen molar-refractivity contribution < 1.29 is 19.1 Å². The van der Waals surface area contributed by atoms with Gasteiger partial charge < -0.3 is 19.7 Å². The zero-order valence-corrected chi connectivity index (χ0v) is 18.4. The van der Waals surface area contributed by atoms with Gasteiger partial charge in [-0.15, -0.1) is 0 Å². The molecule has 0 bridgehead atoms. The van der Waals surface area contributed by atoms with Crippen LogP contribution >= 0.6 is 11.6 Å². The number of rotatable bonds is 9. The van der Waals surface area contributed by atoms with Gasteiger partial charge in [0.1, 0.15) is 18.1 Å². The van der Waals surface area contributed by atoms with Gasteiger partial charge in [-0.3, -0.25) is 14.5 Å². The Hall–Kier alpha value is -2.77. The van der Waals surface area contributed by atoms with Gasteiger partial charge in [0.15, 0.2) is 0 Å². The molecule has 2 aromatic rings. The topological polar surface area (TPSA) is 71.1 Å². The van der Waals surface area contributed by atoms with Crippen LogP contribution in [0, 0.1) is 0 Å². The summed E-state index contributed by atoms with van der Waals surface area (Å²) in [5.74, 6) is 1.45. The lowest BCUT2D eigenvalue weighted by Gasteiger charge is -2.34. The molecule has 0 aromatic heterocycles. The highest BCUT2D eigenvalue weighted by atomic mass is 35.5. The molecule has 2 amide bonds. The van der Waals surface area contributed by atoms with Gasteiger partial charge in [-0.25, -0.2) is 0 Å². The number of nitrogens with zero attached hydrogens (tertiary/aromatic N) is 2. The number of halogens is 1. The maximum atomic E-state index is 12.4. The van der Waals surface area contributed by atoms with Crippen molar-refractivity contribution in [1.82, 2.24) is 9.80 Å². The normalized spacial score (nSPS) is 14.2. The van der Waals surface area contributed by atoms with Gasteiger partial charge in [-0.2, -0.15) is 0 Å². The maximum Gasteiger partial charge on any atom is 0.224 e. The van der Waals surface area contributed by atoms with Crippen LogP contribution in [0.15, 0.2) is 48.5 Å². The maximum absolute atomic E-state index is 12.4. The summed E-state index contributed by atoms with van der Waals surface area (Å²) in [4.78, 5) is 28.6. The number of methoxy groups -OCH3 is 1. The van der Waals surface area contributed by atoms with Gasteiger partial charge in [0, 0.05) is 56.3 Å². The van der Waals surface area contributed by atoms with Crippen molar-refractivity contribution in [2.45, 2.75) is 12.8 Å². The first-order chi connectivity index (χ1) is 15.0. The summed E-state index contributed by atoms with van der Waals surface area (Å²) < 4.78 is 10.9. The standard InChI is InChI=1S/C23H28ClN3O4/c1-30-20-6-8-21(9-7-20)31-17-16-26-12-14-27(15-13-26)23(29)11-10-22(28)25-19-4-2-18(24)3-5-19/h2-9H,10-17H2,1H3,(H,25,28). The number of anilines is 1. The quantitative estimate of drug-likeness (QED) is 0.641.